The molecule has 0 aliphatic carbocycles. The lowest BCUT2D eigenvalue weighted by molar-refractivity contribution is 0.0691. The Morgan fingerprint density at radius 2 is 2.05 bits per heavy atom. The number of hydrogen-bond acceptors (Lipinski definition) is 2. The SMILES string of the molecule is CNCC1CCN(C(=O)c2ccc(C)c(Br)c2)CC1.Cl. The number of likely N-dealkylation sites (tertiary alicyclic amines) is 1. The van der Waals surface area contributed by atoms with Gasteiger partial charge in [-0.2, -0.15) is 0 Å². The maximum atomic E-state index is 12.4. The van der Waals surface area contributed by atoms with Crippen LogP contribution in [0.15, 0.2) is 22.7 Å². The van der Waals surface area contributed by atoms with Crippen molar-refractivity contribution < 1.29 is 4.79 Å². The summed E-state index contributed by atoms with van der Waals surface area (Å²) in [6.07, 6.45) is 2.19. The number of aryl methyl sites for hydroxylation is 1. The maximum absolute atomic E-state index is 12.4. The lowest BCUT2D eigenvalue weighted by Gasteiger charge is -2.32. The van der Waals surface area contributed by atoms with Crippen LogP contribution in [0.1, 0.15) is 28.8 Å². The number of hydrogen-bond donors (Lipinski definition) is 1. The number of nitrogens with one attached hydrogen (secondary N) is 1. The normalized spacial score (nSPS) is 15.8. The molecule has 112 valence electrons. The van der Waals surface area contributed by atoms with E-state index in [-0.39, 0.29) is 18.3 Å². The fourth-order valence-corrected chi connectivity index (χ4v) is 2.92. The highest BCUT2D eigenvalue weighted by Gasteiger charge is 2.23. The van der Waals surface area contributed by atoms with E-state index >= 15 is 0 Å². The minimum atomic E-state index is 0. The monoisotopic (exact) mass is 360 g/mol. The number of piperidine rings is 1. The smallest absolute Gasteiger partial charge is 0.253 e. The number of carbonyl (C=O) groups is 1. The van der Waals surface area contributed by atoms with Crippen LogP contribution in [0.3, 0.4) is 0 Å². The second-order valence-electron chi connectivity index (χ2n) is 5.26. The van der Waals surface area contributed by atoms with Crippen LogP contribution in [-0.4, -0.2) is 37.5 Å². The van der Waals surface area contributed by atoms with Crippen molar-refractivity contribution >= 4 is 34.2 Å². The van der Waals surface area contributed by atoms with E-state index in [9.17, 15) is 4.79 Å². The van der Waals surface area contributed by atoms with Gasteiger partial charge in [-0.05, 0) is 57.0 Å². The molecular weight excluding hydrogens is 340 g/mol. The Morgan fingerprint density at radius 3 is 2.60 bits per heavy atom. The molecule has 1 amide bonds. The van der Waals surface area contributed by atoms with E-state index < -0.39 is 0 Å². The zero-order valence-electron chi connectivity index (χ0n) is 12.0. The molecule has 0 unspecified atom stereocenters. The lowest BCUT2D eigenvalue weighted by Crippen LogP contribution is -2.40. The summed E-state index contributed by atoms with van der Waals surface area (Å²) in [5.74, 6) is 0.863. The van der Waals surface area contributed by atoms with Gasteiger partial charge in [0.2, 0.25) is 0 Å². The van der Waals surface area contributed by atoms with E-state index in [0.717, 1.165) is 48.1 Å². The summed E-state index contributed by atoms with van der Waals surface area (Å²) in [5, 5.41) is 3.22. The van der Waals surface area contributed by atoms with Crippen molar-refractivity contribution in [1.29, 1.82) is 0 Å². The van der Waals surface area contributed by atoms with Crippen molar-refractivity contribution in [3.8, 4) is 0 Å². The van der Waals surface area contributed by atoms with Gasteiger partial charge in [0, 0.05) is 23.1 Å². The average Bonchev–Trinajstić information content (AvgIpc) is 2.42. The van der Waals surface area contributed by atoms with Gasteiger partial charge in [-0.15, -0.1) is 12.4 Å². The van der Waals surface area contributed by atoms with Gasteiger partial charge in [0.05, 0.1) is 0 Å². The number of halogens is 2. The molecule has 1 aromatic carbocycles. The van der Waals surface area contributed by atoms with Gasteiger partial charge in [0.25, 0.3) is 5.91 Å². The highest BCUT2D eigenvalue weighted by Crippen LogP contribution is 2.21. The molecule has 5 heteroatoms. The van der Waals surface area contributed by atoms with Gasteiger partial charge in [-0.1, -0.05) is 22.0 Å². The van der Waals surface area contributed by atoms with Gasteiger partial charge in [0.1, 0.15) is 0 Å². The predicted molar refractivity (Wildman–Crippen MR) is 88.7 cm³/mol. The molecule has 1 aromatic rings. The van der Waals surface area contributed by atoms with Gasteiger partial charge < -0.3 is 10.2 Å². The van der Waals surface area contributed by atoms with E-state index in [1.165, 1.54) is 0 Å². The summed E-state index contributed by atoms with van der Waals surface area (Å²) < 4.78 is 1.00. The second kappa shape index (κ2) is 8.01. The van der Waals surface area contributed by atoms with Crippen LogP contribution in [0.4, 0.5) is 0 Å². The number of rotatable bonds is 3. The predicted octanol–water partition coefficient (Wildman–Crippen LogP) is 3.25. The first-order valence-electron chi connectivity index (χ1n) is 6.82. The Bertz CT molecular complexity index is 459. The molecule has 1 fully saturated rings. The van der Waals surface area contributed by atoms with Gasteiger partial charge in [-0.25, -0.2) is 0 Å². The quantitative estimate of drug-likeness (QED) is 0.896. The summed E-state index contributed by atoms with van der Waals surface area (Å²) in [4.78, 5) is 14.4. The molecule has 1 N–H and O–H groups in total. The molecule has 0 aromatic heterocycles. The highest BCUT2D eigenvalue weighted by molar-refractivity contribution is 9.10. The first-order valence-corrected chi connectivity index (χ1v) is 7.61. The van der Waals surface area contributed by atoms with Gasteiger partial charge >= 0.3 is 0 Å². The zero-order chi connectivity index (χ0) is 13.8. The molecule has 0 spiro atoms. The van der Waals surface area contributed by atoms with E-state index in [2.05, 4.69) is 21.2 Å². The van der Waals surface area contributed by atoms with Crippen molar-refractivity contribution in [2.24, 2.45) is 5.92 Å². The van der Waals surface area contributed by atoms with Crippen LogP contribution in [0.25, 0.3) is 0 Å². The number of nitrogens with zero attached hydrogens (tertiary/aromatic N) is 1. The average molecular weight is 362 g/mol. The van der Waals surface area contributed by atoms with Crippen molar-refractivity contribution in [2.75, 3.05) is 26.7 Å². The first-order chi connectivity index (χ1) is 9.11. The molecule has 0 bridgehead atoms. The molecule has 1 saturated heterocycles. The largest absolute Gasteiger partial charge is 0.339 e. The first kappa shape index (κ1) is 17.5. The summed E-state index contributed by atoms with van der Waals surface area (Å²) in [6, 6.07) is 5.84. The Labute approximate surface area is 135 Å². The maximum Gasteiger partial charge on any atom is 0.253 e. The fraction of sp³-hybridized carbons (Fsp3) is 0.533. The Balaban J connectivity index is 0.00000200. The molecular formula is C15H22BrClN2O. The van der Waals surface area contributed by atoms with Crippen LogP contribution < -0.4 is 5.32 Å². The third kappa shape index (κ3) is 4.21. The van der Waals surface area contributed by atoms with Crippen molar-refractivity contribution in [1.82, 2.24) is 10.2 Å². The van der Waals surface area contributed by atoms with Crippen LogP contribution in [0.5, 0.6) is 0 Å². The summed E-state index contributed by atoms with van der Waals surface area (Å²) >= 11 is 3.49. The lowest BCUT2D eigenvalue weighted by atomic mass is 9.96. The summed E-state index contributed by atoms with van der Waals surface area (Å²) in [5.41, 5.74) is 1.94. The second-order valence-corrected chi connectivity index (χ2v) is 6.11. The van der Waals surface area contributed by atoms with Crippen LogP contribution in [0, 0.1) is 12.8 Å². The van der Waals surface area contributed by atoms with Crippen LogP contribution >= 0.6 is 28.3 Å². The van der Waals surface area contributed by atoms with Crippen molar-refractivity contribution in [3.05, 3.63) is 33.8 Å². The molecule has 2 rings (SSSR count). The standard InChI is InChI=1S/C15H21BrN2O.ClH/c1-11-3-4-13(9-14(11)16)15(19)18-7-5-12(6-8-18)10-17-2;/h3-4,9,12,17H,5-8,10H2,1-2H3;1H. The number of benzene rings is 1. The third-order valence-electron chi connectivity index (χ3n) is 3.81. The molecule has 1 aliphatic heterocycles. The van der Waals surface area contributed by atoms with Crippen molar-refractivity contribution in [2.45, 2.75) is 19.8 Å². The highest BCUT2D eigenvalue weighted by atomic mass is 79.9. The minimum absolute atomic E-state index is 0. The summed E-state index contributed by atoms with van der Waals surface area (Å²) in [6.45, 7) is 4.83. The van der Waals surface area contributed by atoms with E-state index in [1.807, 2.05) is 37.1 Å². The Kier molecular flexibility index (Phi) is 7.00. The number of amides is 1. The Morgan fingerprint density at radius 1 is 1.40 bits per heavy atom. The van der Waals surface area contributed by atoms with Crippen LogP contribution in [-0.2, 0) is 0 Å². The summed E-state index contributed by atoms with van der Waals surface area (Å²) in [7, 11) is 1.99. The molecule has 1 heterocycles. The topological polar surface area (TPSA) is 32.3 Å². The molecule has 0 atom stereocenters. The van der Waals surface area contributed by atoms with Gasteiger partial charge in [-0.3, -0.25) is 4.79 Å². The van der Waals surface area contributed by atoms with E-state index in [4.69, 9.17) is 0 Å². The minimum Gasteiger partial charge on any atom is -0.339 e. The van der Waals surface area contributed by atoms with E-state index in [0.29, 0.717) is 5.92 Å². The zero-order valence-corrected chi connectivity index (χ0v) is 14.4. The number of carbonyl (C=O) groups excluding carboxylic acids is 1. The Hall–Kier alpha value is -0.580. The van der Waals surface area contributed by atoms with E-state index in [1.54, 1.807) is 0 Å². The molecule has 0 radical (unpaired) electrons. The van der Waals surface area contributed by atoms with Gasteiger partial charge in [0.15, 0.2) is 0 Å². The molecule has 20 heavy (non-hydrogen) atoms. The molecule has 1 aliphatic rings. The van der Waals surface area contributed by atoms with Crippen LogP contribution in [0.2, 0.25) is 0 Å². The molecule has 3 nitrogen and oxygen atoms in total. The van der Waals surface area contributed by atoms with Crippen molar-refractivity contribution in [3.63, 3.8) is 0 Å². The molecule has 0 saturated carbocycles. The third-order valence-corrected chi connectivity index (χ3v) is 4.67. The fourth-order valence-electron chi connectivity index (χ4n) is 2.54.